The van der Waals surface area contributed by atoms with Crippen LogP contribution in [-0.4, -0.2) is 61.5 Å². The predicted octanol–water partition coefficient (Wildman–Crippen LogP) is 8.05. The van der Waals surface area contributed by atoms with E-state index in [1.54, 1.807) is 6.08 Å². The van der Waals surface area contributed by atoms with Crippen LogP contribution in [0.15, 0.2) is 25.0 Å². The van der Waals surface area contributed by atoms with Crippen LogP contribution in [0.1, 0.15) is 127 Å². The first-order valence-electron chi connectivity index (χ1n) is 15.6. The minimum absolute atomic E-state index is 0.0304. The number of rotatable bonds is 19. The maximum absolute atomic E-state index is 13.1. The molecule has 1 unspecified atom stereocenters. The first-order chi connectivity index (χ1) is 19.1. The van der Waals surface area contributed by atoms with E-state index in [2.05, 4.69) is 60.0 Å². The second-order valence-corrected chi connectivity index (χ2v) is 12.8. The molecule has 7 nitrogen and oxygen atoms in total. The molecule has 7 heteroatoms. The molecule has 0 bridgehead atoms. The fourth-order valence-electron chi connectivity index (χ4n) is 4.21. The van der Waals surface area contributed by atoms with Crippen molar-refractivity contribution in [3.63, 3.8) is 0 Å². The Labute approximate surface area is 253 Å². The first kappa shape index (κ1) is 43.3. The highest BCUT2D eigenvalue weighted by molar-refractivity contribution is 5.77. The largest absolute Gasteiger partial charge is 0.513 e. The number of aldehydes is 1. The van der Waals surface area contributed by atoms with E-state index in [4.69, 9.17) is 9.84 Å². The fraction of sp³-hybridized carbons (Fsp3) is 0.794. The van der Waals surface area contributed by atoms with E-state index >= 15 is 0 Å². The van der Waals surface area contributed by atoms with Gasteiger partial charge < -0.3 is 24.9 Å². The van der Waals surface area contributed by atoms with Crippen LogP contribution in [0.5, 0.6) is 0 Å². The molecule has 41 heavy (non-hydrogen) atoms. The molecule has 0 aromatic carbocycles. The number of hydrogen-bond acceptors (Lipinski definition) is 6. The van der Waals surface area contributed by atoms with E-state index in [0.29, 0.717) is 45.3 Å². The Morgan fingerprint density at radius 2 is 1.46 bits per heavy atom. The zero-order valence-corrected chi connectivity index (χ0v) is 28.5. The van der Waals surface area contributed by atoms with Gasteiger partial charge in [-0.1, -0.05) is 80.9 Å². The van der Waals surface area contributed by atoms with Gasteiger partial charge in [0, 0.05) is 32.4 Å². The number of nitrogens with zero attached hydrogens (tertiary/aromatic N) is 1. The molecule has 0 aliphatic carbocycles. The number of hydrogen-bond donors (Lipinski definition) is 2. The number of ether oxygens (including phenoxy) is 1. The van der Waals surface area contributed by atoms with Gasteiger partial charge in [0.1, 0.15) is 6.29 Å². The highest BCUT2D eigenvalue weighted by Gasteiger charge is 2.47. The molecular formula is C34H66N2O5. The van der Waals surface area contributed by atoms with E-state index in [-0.39, 0.29) is 28.5 Å². The highest BCUT2D eigenvalue weighted by Crippen LogP contribution is 2.47. The van der Waals surface area contributed by atoms with Crippen molar-refractivity contribution in [1.82, 2.24) is 10.2 Å². The third kappa shape index (κ3) is 23.1. The van der Waals surface area contributed by atoms with Crippen LogP contribution in [0, 0.1) is 16.2 Å². The zero-order valence-electron chi connectivity index (χ0n) is 28.5. The van der Waals surface area contributed by atoms with Gasteiger partial charge in [-0.2, -0.15) is 0 Å². The third-order valence-electron chi connectivity index (χ3n) is 6.87. The molecule has 0 heterocycles. The van der Waals surface area contributed by atoms with Gasteiger partial charge in [-0.15, -0.1) is 6.58 Å². The lowest BCUT2D eigenvalue weighted by Crippen LogP contribution is -2.44. The minimum Gasteiger partial charge on any atom is -0.513 e. The number of carbonyl (C=O) groups is 3. The van der Waals surface area contributed by atoms with Crippen LogP contribution in [0.4, 0.5) is 0 Å². The number of nitrogens with one attached hydrogen (secondary N) is 1. The normalized spacial score (nSPS) is 12.4. The molecule has 0 spiro atoms. The number of esters is 1. The van der Waals surface area contributed by atoms with Gasteiger partial charge in [0.05, 0.1) is 17.8 Å². The number of aliphatic hydroxyl groups excluding tert-OH is 1. The van der Waals surface area contributed by atoms with Crippen molar-refractivity contribution in [3.8, 4) is 0 Å². The fourth-order valence-corrected chi connectivity index (χ4v) is 4.21. The number of aliphatic hydroxyl groups is 1. The van der Waals surface area contributed by atoms with Crippen molar-refractivity contribution in [1.29, 1.82) is 0 Å². The second-order valence-electron chi connectivity index (χ2n) is 12.8. The Bertz CT molecular complexity index is 722. The van der Waals surface area contributed by atoms with E-state index in [1.807, 2.05) is 32.7 Å². The number of allylic oxidation sites excluding steroid dienone is 2. The van der Waals surface area contributed by atoms with Crippen LogP contribution in [-0.2, 0) is 19.1 Å². The Hall–Kier alpha value is -2.15. The average Bonchev–Trinajstić information content (AvgIpc) is 2.88. The summed E-state index contributed by atoms with van der Waals surface area (Å²) in [5.41, 5.74) is -0.724. The molecule has 0 saturated carbocycles. The van der Waals surface area contributed by atoms with Crippen LogP contribution < -0.4 is 5.32 Å². The standard InChI is InChI=1S/C27H52N2O3.C5H8O2.C2H6/c1-10-11-17-23(30)29(19-15-13-12-14-18-28-9)20-16-21-32-24(31)27(8,26(5,6)7)22-25(2,3)4;1-5(7)3-2-4-6;1-2/h10,28H,1,11-22H2,2-9H3;4,7H,1-3H2;1-2H3. The summed E-state index contributed by atoms with van der Waals surface area (Å²) in [5, 5.41) is 11.5. The number of unbranched alkanes of at least 4 members (excludes halogenated alkanes) is 3. The summed E-state index contributed by atoms with van der Waals surface area (Å²) in [6, 6.07) is 0. The van der Waals surface area contributed by atoms with Crippen LogP contribution >= 0.6 is 0 Å². The summed E-state index contributed by atoms with van der Waals surface area (Å²) < 4.78 is 5.76. The van der Waals surface area contributed by atoms with Crippen molar-refractivity contribution >= 4 is 18.2 Å². The lowest BCUT2D eigenvalue weighted by Gasteiger charge is -2.43. The second kappa shape index (κ2) is 24.4. The molecular weight excluding hydrogens is 516 g/mol. The summed E-state index contributed by atoms with van der Waals surface area (Å²) in [6.45, 7) is 28.5. The van der Waals surface area contributed by atoms with Gasteiger partial charge in [0.25, 0.3) is 0 Å². The molecule has 0 aromatic rings. The highest BCUT2D eigenvalue weighted by atomic mass is 16.5. The smallest absolute Gasteiger partial charge is 0.312 e. The monoisotopic (exact) mass is 582 g/mol. The van der Waals surface area contributed by atoms with E-state index in [1.165, 1.54) is 6.42 Å². The predicted molar refractivity (Wildman–Crippen MR) is 174 cm³/mol. The molecule has 0 rings (SSSR count). The van der Waals surface area contributed by atoms with Crippen LogP contribution in [0.3, 0.4) is 0 Å². The molecule has 0 aliphatic heterocycles. The van der Waals surface area contributed by atoms with Gasteiger partial charge in [0.2, 0.25) is 5.91 Å². The number of carbonyl (C=O) groups excluding carboxylic acids is 3. The van der Waals surface area contributed by atoms with E-state index in [9.17, 15) is 14.4 Å². The SMILES string of the molecule is C=C(O)CCC=O.C=CCCC(=O)N(CCCCCCNC)CCCOC(=O)C(C)(CC(C)(C)C)C(C)(C)C.CC. The Morgan fingerprint density at radius 3 is 1.90 bits per heavy atom. The van der Waals surface area contributed by atoms with Gasteiger partial charge in [-0.05, 0) is 63.5 Å². The zero-order chi connectivity index (χ0) is 32.5. The lowest BCUT2D eigenvalue weighted by molar-refractivity contribution is -0.165. The molecule has 0 saturated heterocycles. The maximum atomic E-state index is 13.1. The van der Waals surface area contributed by atoms with E-state index < -0.39 is 5.41 Å². The molecule has 1 amide bonds. The Kier molecular flexibility index (Phi) is 25.8. The van der Waals surface area contributed by atoms with Gasteiger partial charge >= 0.3 is 5.97 Å². The Balaban J connectivity index is -0.00000139. The number of amides is 1. The summed E-state index contributed by atoms with van der Waals surface area (Å²) in [4.78, 5) is 37.2. The van der Waals surface area contributed by atoms with Gasteiger partial charge in [-0.3, -0.25) is 9.59 Å². The molecule has 0 aliphatic rings. The first-order valence-corrected chi connectivity index (χ1v) is 15.6. The van der Waals surface area contributed by atoms with Gasteiger partial charge in [-0.25, -0.2) is 0 Å². The van der Waals surface area contributed by atoms with Crippen molar-refractivity contribution in [2.45, 2.75) is 127 Å². The summed E-state index contributed by atoms with van der Waals surface area (Å²) in [5.74, 6) is 0.111. The molecule has 0 aromatic heterocycles. The minimum atomic E-state index is -0.557. The average molecular weight is 583 g/mol. The summed E-state index contributed by atoms with van der Waals surface area (Å²) in [7, 11) is 1.97. The maximum Gasteiger partial charge on any atom is 0.312 e. The van der Waals surface area contributed by atoms with Crippen molar-refractivity contribution in [2.75, 3.05) is 33.3 Å². The summed E-state index contributed by atoms with van der Waals surface area (Å²) >= 11 is 0. The quantitative estimate of drug-likeness (QED) is 0.0526. The molecule has 1 atom stereocenters. The molecule has 0 fully saturated rings. The molecule has 242 valence electrons. The third-order valence-corrected chi connectivity index (χ3v) is 6.87. The van der Waals surface area contributed by atoms with Crippen molar-refractivity contribution in [2.24, 2.45) is 16.2 Å². The van der Waals surface area contributed by atoms with Gasteiger partial charge in [0.15, 0.2) is 0 Å². The summed E-state index contributed by atoms with van der Waals surface area (Å²) in [6.07, 6.45) is 10.4. The lowest BCUT2D eigenvalue weighted by atomic mass is 9.61. The van der Waals surface area contributed by atoms with Crippen LogP contribution in [0.2, 0.25) is 0 Å². The Morgan fingerprint density at radius 1 is 0.902 bits per heavy atom. The van der Waals surface area contributed by atoms with E-state index in [0.717, 1.165) is 45.1 Å². The van der Waals surface area contributed by atoms with Crippen molar-refractivity contribution < 1.29 is 24.2 Å². The molecule has 2 N–H and O–H groups in total. The molecule has 0 radical (unpaired) electrons. The van der Waals surface area contributed by atoms with Crippen LogP contribution in [0.25, 0.3) is 0 Å². The van der Waals surface area contributed by atoms with Crippen molar-refractivity contribution in [3.05, 3.63) is 25.0 Å². The topological polar surface area (TPSA) is 95.9 Å².